The molecule has 6 nitrogen and oxygen atoms in total. The van der Waals surface area contributed by atoms with Crippen LogP contribution in [0.2, 0.25) is 5.02 Å². The number of rotatable bonds is 5. The minimum absolute atomic E-state index is 0.146. The molecule has 1 amide bonds. The van der Waals surface area contributed by atoms with Gasteiger partial charge in [0, 0.05) is 29.8 Å². The zero-order valence-electron chi connectivity index (χ0n) is 24.6. The van der Waals surface area contributed by atoms with Crippen molar-refractivity contribution in [2.75, 3.05) is 6.61 Å². The molecule has 5 rings (SSSR count). The van der Waals surface area contributed by atoms with Gasteiger partial charge >= 0.3 is 5.97 Å². The van der Waals surface area contributed by atoms with Gasteiger partial charge in [-0.1, -0.05) is 11.6 Å². The Hall–Kier alpha value is -3.49. The van der Waals surface area contributed by atoms with E-state index in [0.29, 0.717) is 35.3 Å². The maximum atomic E-state index is 15.5. The van der Waals surface area contributed by atoms with Crippen LogP contribution in [0.15, 0.2) is 24.3 Å². The van der Waals surface area contributed by atoms with E-state index in [2.05, 4.69) is 0 Å². The van der Waals surface area contributed by atoms with E-state index < -0.39 is 29.3 Å². The van der Waals surface area contributed by atoms with E-state index >= 15 is 4.39 Å². The summed E-state index contributed by atoms with van der Waals surface area (Å²) in [5.74, 6) is -2.36. The van der Waals surface area contributed by atoms with Crippen molar-refractivity contribution < 1.29 is 33.0 Å². The Morgan fingerprint density at radius 3 is 2.29 bits per heavy atom. The average Bonchev–Trinajstić information content (AvgIpc) is 3.38. The molecule has 2 aliphatic heterocycles. The molecule has 0 spiro atoms. The second-order valence-electron chi connectivity index (χ2n) is 12.0. The third kappa shape index (κ3) is 5.26. The predicted octanol–water partition coefficient (Wildman–Crippen LogP) is 7.63. The first-order valence-electron chi connectivity index (χ1n) is 13.9. The number of carboxylic acid groups (broad SMARTS) is 1. The predicted molar refractivity (Wildman–Crippen MR) is 156 cm³/mol. The molecule has 2 heterocycles. The smallest absolute Gasteiger partial charge is 0.337 e. The van der Waals surface area contributed by atoms with Gasteiger partial charge in [-0.3, -0.25) is 4.79 Å². The highest BCUT2D eigenvalue weighted by molar-refractivity contribution is 6.31. The van der Waals surface area contributed by atoms with Crippen molar-refractivity contribution in [2.24, 2.45) is 0 Å². The summed E-state index contributed by atoms with van der Waals surface area (Å²) in [5.41, 5.74) is 5.75. The van der Waals surface area contributed by atoms with E-state index in [1.165, 1.54) is 18.2 Å². The van der Waals surface area contributed by atoms with Crippen LogP contribution in [0.5, 0.6) is 5.75 Å². The molecule has 42 heavy (non-hydrogen) atoms. The number of carbonyl (C=O) groups is 2. The molecule has 2 aliphatic rings. The standard InChI is InChI=1S/C33H34ClF2NO5/c1-16-20-8-7-11-41-29(20)26(36)13-21(16)27-17(2)22-14-37(31(38)19-9-10-25(35)24(34)12-19)15-23(22)18(3)28(27)30(32(39)40)42-33(4,5)6/h9-10,12-13,30H,7-8,11,14-15H2,1-6H3,(H,39,40)/t30-/m0/s1. The highest BCUT2D eigenvalue weighted by Gasteiger charge is 2.37. The van der Waals surface area contributed by atoms with Crippen LogP contribution in [0.1, 0.15) is 82.6 Å². The molecule has 3 aromatic rings. The Kier molecular flexibility index (Phi) is 7.83. The molecular formula is C33H34ClF2NO5. The second-order valence-corrected chi connectivity index (χ2v) is 12.4. The number of hydrogen-bond donors (Lipinski definition) is 1. The quantitative estimate of drug-likeness (QED) is 0.327. The summed E-state index contributed by atoms with van der Waals surface area (Å²) >= 11 is 5.95. The average molecular weight is 598 g/mol. The number of hydrogen-bond acceptors (Lipinski definition) is 4. The first-order chi connectivity index (χ1) is 19.7. The van der Waals surface area contributed by atoms with Crippen LogP contribution < -0.4 is 4.74 Å². The summed E-state index contributed by atoms with van der Waals surface area (Å²) in [4.78, 5) is 27.9. The van der Waals surface area contributed by atoms with Crippen molar-refractivity contribution >= 4 is 23.5 Å². The lowest BCUT2D eigenvalue weighted by Gasteiger charge is -2.31. The number of ether oxygens (including phenoxy) is 2. The molecule has 0 aliphatic carbocycles. The van der Waals surface area contributed by atoms with E-state index in [1.54, 1.807) is 25.7 Å². The van der Waals surface area contributed by atoms with E-state index in [9.17, 15) is 19.1 Å². The monoisotopic (exact) mass is 597 g/mol. The van der Waals surface area contributed by atoms with E-state index in [4.69, 9.17) is 21.1 Å². The van der Waals surface area contributed by atoms with Gasteiger partial charge in [-0.25, -0.2) is 13.6 Å². The third-order valence-corrected chi connectivity index (χ3v) is 8.42. The van der Waals surface area contributed by atoms with E-state index in [0.717, 1.165) is 40.3 Å². The van der Waals surface area contributed by atoms with Gasteiger partial charge in [0.05, 0.1) is 17.2 Å². The van der Waals surface area contributed by atoms with Gasteiger partial charge in [-0.2, -0.15) is 0 Å². The Morgan fingerprint density at radius 2 is 1.67 bits per heavy atom. The van der Waals surface area contributed by atoms with Crippen molar-refractivity contribution in [1.82, 2.24) is 4.90 Å². The Balaban J connectivity index is 1.73. The molecule has 0 unspecified atom stereocenters. The molecule has 1 atom stereocenters. The maximum Gasteiger partial charge on any atom is 0.337 e. The zero-order valence-corrected chi connectivity index (χ0v) is 25.3. The van der Waals surface area contributed by atoms with Crippen molar-refractivity contribution in [1.29, 1.82) is 0 Å². The van der Waals surface area contributed by atoms with Crippen LogP contribution in [-0.4, -0.2) is 34.1 Å². The van der Waals surface area contributed by atoms with Crippen molar-refractivity contribution in [3.05, 3.63) is 85.4 Å². The van der Waals surface area contributed by atoms with Crippen LogP contribution in [0, 0.1) is 32.4 Å². The fourth-order valence-corrected chi connectivity index (χ4v) is 6.34. The minimum Gasteiger partial charge on any atom is -0.490 e. The molecule has 0 bridgehead atoms. The highest BCUT2D eigenvalue weighted by Crippen LogP contribution is 2.47. The summed E-state index contributed by atoms with van der Waals surface area (Å²) in [6, 6.07) is 5.27. The fourth-order valence-electron chi connectivity index (χ4n) is 6.16. The molecule has 0 aromatic heterocycles. The second kappa shape index (κ2) is 11.0. The van der Waals surface area contributed by atoms with Gasteiger partial charge in [-0.05, 0) is 118 Å². The summed E-state index contributed by atoms with van der Waals surface area (Å²) in [6.45, 7) is 11.9. The lowest BCUT2D eigenvalue weighted by atomic mass is 9.81. The normalized spacial score (nSPS) is 15.2. The third-order valence-electron chi connectivity index (χ3n) is 8.13. The Morgan fingerprint density at radius 1 is 1.00 bits per heavy atom. The lowest BCUT2D eigenvalue weighted by Crippen LogP contribution is -2.29. The molecule has 9 heteroatoms. The summed E-state index contributed by atoms with van der Waals surface area (Å²) in [6.07, 6.45) is 0.0498. The summed E-state index contributed by atoms with van der Waals surface area (Å²) in [5, 5.41) is 10.3. The molecule has 0 radical (unpaired) electrons. The maximum absolute atomic E-state index is 15.5. The molecule has 3 aromatic carbocycles. The SMILES string of the molecule is Cc1c(-c2c(C)c3c(c(C)c2[C@H](OC(C)(C)C)C(=O)O)CN(C(=O)c2ccc(F)c(Cl)c2)C3)cc(F)c2c1CCCO2. The topological polar surface area (TPSA) is 76.1 Å². The number of nitrogens with zero attached hydrogens (tertiary/aromatic N) is 1. The molecule has 0 saturated heterocycles. The Bertz CT molecular complexity index is 1630. The van der Waals surface area contributed by atoms with Crippen LogP contribution in [0.25, 0.3) is 11.1 Å². The molecule has 222 valence electrons. The van der Waals surface area contributed by atoms with Gasteiger partial charge in [-0.15, -0.1) is 0 Å². The Labute approximate surface area is 249 Å². The van der Waals surface area contributed by atoms with Crippen molar-refractivity contribution in [2.45, 2.75) is 79.2 Å². The van der Waals surface area contributed by atoms with Crippen LogP contribution >= 0.6 is 11.6 Å². The highest BCUT2D eigenvalue weighted by atomic mass is 35.5. The van der Waals surface area contributed by atoms with Gasteiger partial charge in [0.2, 0.25) is 0 Å². The number of benzene rings is 3. The number of carbonyl (C=O) groups excluding carboxylic acids is 1. The number of aliphatic carboxylic acids is 1. The number of carboxylic acids is 1. The van der Waals surface area contributed by atoms with Crippen LogP contribution in [0.3, 0.4) is 0 Å². The van der Waals surface area contributed by atoms with Gasteiger partial charge in [0.1, 0.15) is 5.82 Å². The van der Waals surface area contributed by atoms with Gasteiger partial charge < -0.3 is 19.5 Å². The van der Waals surface area contributed by atoms with Crippen LogP contribution in [0.4, 0.5) is 8.78 Å². The largest absolute Gasteiger partial charge is 0.490 e. The van der Waals surface area contributed by atoms with Gasteiger partial charge in [0.25, 0.3) is 5.91 Å². The van der Waals surface area contributed by atoms with Crippen LogP contribution in [-0.2, 0) is 29.0 Å². The minimum atomic E-state index is -1.35. The number of halogens is 3. The number of fused-ring (bicyclic) bond motifs is 2. The van der Waals surface area contributed by atoms with Crippen molar-refractivity contribution in [3.63, 3.8) is 0 Å². The summed E-state index contributed by atoms with van der Waals surface area (Å²) in [7, 11) is 0. The zero-order chi connectivity index (χ0) is 30.7. The first-order valence-corrected chi connectivity index (χ1v) is 14.3. The molecule has 0 saturated carbocycles. The van der Waals surface area contributed by atoms with E-state index in [1.807, 2.05) is 20.8 Å². The molecular weight excluding hydrogens is 564 g/mol. The number of amides is 1. The molecule has 0 fully saturated rings. The van der Waals surface area contributed by atoms with Crippen molar-refractivity contribution in [3.8, 4) is 16.9 Å². The fraction of sp³-hybridized carbons (Fsp3) is 0.394. The molecule has 1 N–H and O–H groups in total. The van der Waals surface area contributed by atoms with Gasteiger partial charge in [0.15, 0.2) is 17.7 Å². The lowest BCUT2D eigenvalue weighted by molar-refractivity contribution is -0.160. The van der Waals surface area contributed by atoms with E-state index in [-0.39, 0.29) is 35.3 Å². The summed E-state index contributed by atoms with van der Waals surface area (Å²) < 4.78 is 41.1. The first kappa shape index (κ1) is 30.0.